The van der Waals surface area contributed by atoms with Crippen molar-refractivity contribution in [3.8, 4) is 0 Å². The molecule has 0 amide bonds. The number of aromatic nitrogens is 1. The molecule has 52 valence electrons. The molecule has 0 unspecified atom stereocenters. The van der Waals surface area contributed by atoms with Crippen molar-refractivity contribution < 1.29 is 0 Å². The summed E-state index contributed by atoms with van der Waals surface area (Å²) in [5, 5.41) is 0. The lowest BCUT2D eigenvalue weighted by Gasteiger charge is -1.95. The number of nitrogens with zero attached hydrogens (tertiary/aromatic N) is 2. The molecule has 0 spiro atoms. The van der Waals surface area contributed by atoms with Gasteiger partial charge in [0.05, 0.1) is 12.2 Å². The Hall–Kier alpha value is -1.18. The summed E-state index contributed by atoms with van der Waals surface area (Å²) in [5.74, 6) is 0. The van der Waals surface area contributed by atoms with Gasteiger partial charge in [0.2, 0.25) is 0 Å². The molecular weight excluding hydrogens is 124 g/mol. The Labute approximate surface area is 60.6 Å². The van der Waals surface area contributed by atoms with Crippen LogP contribution >= 0.6 is 0 Å². The first-order valence-electron chi connectivity index (χ1n) is 3.18. The van der Waals surface area contributed by atoms with Crippen LogP contribution in [0.2, 0.25) is 0 Å². The fraction of sp³-hybridized carbons (Fsp3) is 0.250. The van der Waals surface area contributed by atoms with Crippen molar-refractivity contribution in [2.45, 2.75) is 13.5 Å². The summed E-state index contributed by atoms with van der Waals surface area (Å²) in [6.07, 6.45) is 0. The van der Waals surface area contributed by atoms with E-state index in [9.17, 15) is 0 Å². The Morgan fingerprint density at radius 2 is 2.40 bits per heavy atom. The van der Waals surface area contributed by atoms with E-state index in [4.69, 9.17) is 0 Å². The molecule has 0 N–H and O–H groups in total. The monoisotopic (exact) mass is 134 g/mol. The van der Waals surface area contributed by atoms with E-state index in [0.717, 1.165) is 11.4 Å². The number of hydrogen-bond donors (Lipinski definition) is 0. The van der Waals surface area contributed by atoms with E-state index < -0.39 is 0 Å². The van der Waals surface area contributed by atoms with Crippen LogP contribution in [0.3, 0.4) is 0 Å². The third-order valence-corrected chi connectivity index (χ3v) is 1.22. The molecule has 0 radical (unpaired) electrons. The van der Waals surface area contributed by atoms with Gasteiger partial charge < -0.3 is 0 Å². The van der Waals surface area contributed by atoms with Crippen molar-refractivity contribution in [2.75, 3.05) is 0 Å². The fourth-order valence-corrected chi connectivity index (χ4v) is 0.802. The maximum Gasteiger partial charge on any atom is 0.0804 e. The summed E-state index contributed by atoms with van der Waals surface area (Å²) in [6.45, 7) is 5.97. The van der Waals surface area contributed by atoms with Gasteiger partial charge in [-0.05, 0) is 25.8 Å². The lowest BCUT2D eigenvalue weighted by molar-refractivity contribution is 0.977. The van der Waals surface area contributed by atoms with Crippen molar-refractivity contribution in [1.82, 2.24) is 4.98 Å². The maximum absolute atomic E-state index is 4.23. The standard InChI is InChI=1S/C8H10N2/c1-7-4-3-5-8(10-7)6-9-2/h3-5H,2,6H2,1H3. The Balaban J connectivity index is 2.84. The molecule has 0 bridgehead atoms. The van der Waals surface area contributed by atoms with E-state index in [0.29, 0.717) is 6.54 Å². The number of pyridine rings is 1. The molecule has 0 aromatic carbocycles. The molecule has 0 aliphatic heterocycles. The smallest absolute Gasteiger partial charge is 0.0804 e. The van der Waals surface area contributed by atoms with Gasteiger partial charge in [-0.15, -0.1) is 0 Å². The highest BCUT2D eigenvalue weighted by atomic mass is 14.8. The van der Waals surface area contributed by atoms with Crippen LogP contribution in [0, 0.1) is 6.92 Å². The second-order valence-electron chi connectivity index (χ2n) is 2.15. The predicted octanol–water partition coefficient (Wildman–Crippen LogP) is 1.59. The first kappa shape index (κ1) is 6.93. The molecule has 1 aromatic heterocycles. The van der Waals surface area contributed by atoms with Crippen LogP contribution in [0.4, 0.5) is 0 Å². The van der Waals surface area contributed by atoms with Crippen LogP contribution in [-0.4, -0.2) is 11.7 Å². The Kier molecular flexibility index (Phi) is 2.15. The Morgan fingerprint density at radius 1 is 1.60 bits per heavy atom. The predicted molar refractivity (Wildman–Crippen MR) is 42.2 cm³/mol. The Bertz CT molecular complexity index is 230. The molecular formula is C8H10N2. The maximum atomic E-state index is 4.23. The van der Waals surface area contributed by atoms with Crippen LogP contribution in [0.5, 0.6) is 0 Å². The number of aryl methyl sites for hydroxylation is 1. The molecule has 1 heterocycles. The highest BCUT2D eigenvalue weighted by Crippen LogP contribution is 1.98. The van der Waals surface area contributed by atoms with Gasteiger partial charge >= 0.3 is 0 Å². The molecule has 0 saturated carbocycles. The zero-order chi connectivity index (χ0) is 7.40. The molecule has 0 atom stereocenters. The van der Waals surface area contributed by atoms with E-state index in [1.165, 1.54) is 0 Å². The summed E-state index contributed by atoms with van der Waals surface area (Å²) in [6, 6.07) is 5.89. The van der Waals surface area contributed by atoms with Gasteiger partial charge in [-0.1, -0.05) is 6.07 Å². The molecule has 1 rings (SSSR count). The minimum atomic E-state index is 0.613. The zero-order valence-corrected chi connectivity index (χ0v) is 6.04. The van der Waals surface area contributed by atoms with Gasteiger partial charge in [0.25, 0.3) is 0 Å². The number of aliphatic imine (C=N–C) groups is 1. The summed E-state index contributed by atoms with van der Waals surface area (Å²) < 4.78 is 0. The third kappa shape index (κ3) is 1.65. The van der Waals surface area contributed by atoms with Crippen molar-refractivity contribution >= 4 is 6.72 Å². The highest BCUT2D eigenvalue weighted by Gasteiger charge is 1.89. The molecule has 0 fully saturated rings. The lowest BCUT2D eigenvalue weighted by Crippen LogP contribution is -1.88. The lowest BCUT2D eigenvalue weighted by atomic mass is 10.3. The topological polar surface area (TPSA) is 25.2 Å². The van der Waals surface area contributed by atoms with E-state index >= 15 is 0 Å². The largest absolute Gasteiger partial charge is 0.295 e. The number of hydrogen-bond acceptors (Lipinski definition) is 2. The van der Waals surface area contributed by atoms with E-state index in [2.05, 4.69) is 16.7 Å². The molecule has 1 aromatic rings. The summed E-state index contributed by atoms with van der Waals surface area (Å²) in [7, 11) is 0. The third-order valence-electron chi connectivity index (χ3n) is 1.22. The second-order valence-corrected chi connectivity index (χ2v) is 2.15. The van der Waals surface area contributed by atoms with Gasteiger partial charge in [0.1, 0.15) is 0 Å². The minimum Gasteiger partial charge on any atom is -0.295 e. The van der Waals surface area contributed by atoms with Crippen LogP contribution in [-0.2, 0) is 6.54 Å². The van der Waals surface area contributed by atoms with Gasteiger partial charge in [-0.2, -0.15) is 0 Å². The highest BCUT2D eigenvalue weighted by molar-refractivity contribution is 5.24. The van der Waals surface area contributed by atoms with Crippen molar-refractivity contribution in [3.63, 3.8) is 0 Å². The van der Waals surface area contributed by atoms with Gasteiger partial charge in [-0.25, -0.2) is 0 Å². The molecule has 0 saturated heterocycles. The minimum absolute atomic E-state index is 0.613. The van der Waals surface area contributed by atoms with Crippen LogP contribution < -0.4 is 0 Å². The van der Waals surface area contributed by atoms with Gasteiger partial charge in [0, 0.05) is 5.69 Å². The van der Waals surface area contributed by atoms with Gasteiger partial charge in [-0.3, -0.25) is 9.98 Å². The fourth-order valence-electron chi connectivity index (χ4n) is 0.802. The SMILES string of the molecule is C=NCc1cccc(C)n1. The quantitative estimate of drug-likeness (QED) is 0.564. The van der Waals surface area contributed by atoms with Crippen molar-refractivity contribution in [2.24, 2.45) is 4.99 Å². The summed E-state index contributed by atoms with van der Waals surface area (Å²) >= 11 is 0. The zero-order valence-electron chi connectivity index (χ0n) is 6.04. The normalized spacial score (nSPS) is 9.30. The average molecular weight is 134 g/mol. The van der Waals surface area contributed by atoms with Crippen LogP contribution in [0.25, 0.3) is 0 Å². The van der Waals surface area contributed by atoms with E-state index in [1.807, 2.05) is 25.1 Å². The second kappa shape index (κ2) is 3.11. The molecule has 0 aliphatic carbocycles. The molecule has 2 nitrogen and oxygen atoms in total. The number of rotatable bonds is 2. The van der Waals surface area contributed by atoms with Crippen LogP contribution in [0.15, 0.2) is 23.2 Å². The first-order chi connectivity index (χ1) is 4.83. The van der Waals surface area contributed by atoms with Crippen LogP contribution in [0.1, 0.15) is 11.4 Å². The average Bonchev–Trinajstić information content (AvgIpc) is 1.88. The molecule has 0 aliphatic rings. The summed E-state index contributed by atoms with van der Waals surface area (Å²) in [5.41, 5.74) is 2.01. The van der Waals surface area contributed by atoms with Gasteiger partial charge in [0.15, 0.2) is 0 Å². The Morgan fingerprint density at radius 3 is 3.00 bits per heavy atom. The van der Waals surface area contributed by atoms with Crippen molar-refractivity contribution in [3.05, 3.63) is 29.6 Å². The first-order valence-corrected chi connectivity index (χ1v) is 3.18. The van der Waals surface area contributed by atoms with E-state index in [-0.39, 0.29) is 0 Å². The molecule has 2 heteroatoms. The van der Waals surface area contributed by atoms with E-state index in [1.54, 1.807) is 0 Å². The molecule has 10 heavy (non-hydrogen) atoms. The summed E-state index contributed by atoms with van der Waals surface area (Å²) in [4.78, 5) is 7.96. The van der Waals surface area contributed by atoms with Crippen molar-refractivity contribution in [1.29, 1.82) is 0 Å².